The quantitative estimate of drug-likeness (QED) is 0.547. The zero-order valence-electron chi connectivity index (χ0n) is 18.7. The van der Waals surface area contributed by atoms with Crippen molar-refractivity contribution in [3.05, 3.63) is 63.9 Å². The van der Waals surface area contributed by atoms with Gasteiger partial charge < -0.3 is 10.2 Å². The van der Waals surface area contributed by atoms with E-state index in [9.17, 15) is 22.4 Å². The van der Waals surface area contributed by atoms with Crippen molar-refractivity contribution in [3.8, 4) is 0 Å². The Labute approximate surface area is 203 Å². The highest BCUT2D eigenvalue weighted by molar-refractivity contribution is 7.92. The van der Waals surface area contributed by atoms with E-state index in [1.165, 1.54) is 43.3 Å². The number of carbonyl (C=O) groups is 2. The lowest BCUT2D eigenvalue weighted by molar-refractivity contribution is -0.139. The number of amides is 2. The van der Waals surface area contributed by atoms with Gasteiger partial charge in [-0.1, -0.05) is 41.4 Å². The number of rotatable bonds is 9. The van der Waals surface area contributed by atoms with E-state index in [1.54, 1.807) is 19.9 Å². The molecule has 0 aliphatic rings. The van der Waals surface area contributed by atoms with Gasteiger partial charge in [0, 0.05) is 18.2 Å². The summed E-state index contributed by atoms with van der Waals surface area (Å²) in [5, 5.41) is 3.05. The van der Waals surface area contributed by atoms with Gasteiger partial charge in [-0.15, -0.1) is 0 Å². The molecule has 2 rings (SSSR count). The molecule has 7 nitrogen and oxygen atoms in total. The number of benzene rings is 2. The molecule has 0 aromatic heterocycles. The lowest BCUT2D eigenvalue weighted by atomic mass is 10.1. The molecule has 11 heteroatoms. The normalized spacial score (nSPS) is 12.4. The molecule has 0 saturated carbocycles. The first kappa shape index (κ1) is 26.9. The molecular formula is C22H26Cl2FN3O4S. The van der Waals surface area contributed by atoms with Crippen LogP contribution in [-0.4, -0.2) is 50.0 Å². The third-order valence-electron chi connectivity index (χ3n) is 4.77. The van der Waals surface area contributed by atoms with E-state index < -0.39 is 40.2 Å². The summed E-state index contributed by atoms with van der Waals surface area (Å²) in [6.07, 6.45) is 0.943. The van der Waals surface area contributed by atoms with Gasteiger partial charge in [-0.25, -0.2) is 12.8 Å². The Hall–Kier alpha value is -2.36. The molecule has 0 saturated heterocycles. The van der Waals surface area contributed by atoms with Crippen LogP contribution < -0.4 is 9.62 Å². The van der Waals surface area contributed by atoms with Crippen molar-refractivity contribution >= 4 is 50.7 Å². The van der Waals surface area contributed by atoms with E-state index in [0.717, 1.165) is 15.5 Å². The van der Waals surface area contributed by atoms with Crippen LogP contribution in [-0.2, 0) is 26.2 Å². The minimum Gasteiger partial charge on any atom is -0.352 e. The number of carbonyl (C=O) groups excluding carboxylic acids is 2. The second-order valence-corrected chi connectivity index (χ2v) is 10.5. The van der Waals surface area contributed by atoms with Gasteiger partial charge in [0.2, 0.25) is 21.8 Å². The van der Waals surface area contributed by atoms with Crippen molar-refractivity contribution in [1.29, 1.82) is 0 Å². The van der Waals surface area contributed by atoms with Gasteiger partial charge in [0.15, 0.2) is 0 Å². The Balaban J connectivity index is 2.43. The highest BCUT2D eigenvalue weighted by Gasteiger charge is 2.31. The number of halogens is 3. The van der Waals surface area contributed by atoms with E-state index in [4.69, 9.17) is 23.2 Å². The highest BCUT2D eigenvalue weighted by atomic mass is 35.5. The molecule has 33 heavy (non-hydrogen) atoms. The van der Waals surface area contributed by atoms with Crippen LogP contribution in [0.2, 0.25) is 10.0 Å². The maximum Gasteiger partial charge on any atom is 0.244 e. The zero-order valence-corrected chi connectivity index (χ0v) is 21.0. The largest absolute Gasteiger partial charge is 0.352 e. The summed E-state index contributed by atoms with van der Waals surface area (Å²) in [5.41, 5.74) is 0.320. The summed E-state index contributed by atoms with van der Waals surface area (Å²) in [6.45, 7) is 4.19. The summed E-state index contributed by atoms with van der Waals surface area (Å²) in [6, 6.07) is 8.84. The lowest BCUT2D eigenvalue weighted by Gasteiger charge is -2.32. The Morgan fingerprint density at radius 3 is 2.24 bits per heavy atom. The molecule has 0 radical (unpaired) electrons. The van der Waals surface area contributed by atoms with Crippen LogP contribution in [0.25, 0.3) is 0 Å². The summed E-state index contributed by atoms with van der Waals surface area (Å²) in [5.74, 6) is -1.69. The van der Waals surface area contributed by atoms with Crippen LogP contribution >= 0.6 is 23.2 Å². The summed E-state index contributed by atoms with van der Waals surface area (Å²) in [7, 11) is -3.91. The van der Waals surface area contributed by atoms with Crippen LogP contribution in [0.3, 0.4) is 0 Å². The maximum absolute atomic E-state index is 14.3. The number of nitrogens with one attached hydrogen (secondary N) is 1. The maximum atomic E-state index is 14.3. The van der Waals surface area contributed by atoms with E-state index >= 15 is 0 Å². The average molecular weight is 518 g/mol. The summed E-state index contributed by atoms with van der Waals surface area (Å²) >= 11 is 12.0. The number of hydrogen-bond acceptors (Lipinski definition) is 4. The molecule has 0 fully saturated rings. The van der Waals surface area contributed by atoms with E-state index in [0.29, 0.717) is 0 Å². The fraction of sp³-hybridized carbons (Fsp3) is 0.364. The highest BCUT2D eigenvalue weighted by Crippen LogP contribution is 2.28. The molecule has 0 bridgehead atoms. The molecule has 1 unspecified atom stereocenters. The first-order valence-electron chi connectivity index (χ1n) is 10.1. The van der Waals surface area contributed by atoms with Crippen molar-refractivity contribution in [3.63, 3.8) is 0 Å². The van der Waals surface area contributed by atoms with Crippen molar-refractivity contribution in [2.75, 3.05) is 17.1 Å². The molecule has 0 aliphatic carbocycles. The predicted octanol–water partition coefficient (Wildman–Crippen LogP) is 3.84. The topological polar surface area (TPSA) is 86.8 Å². The van der Waals surface area contributed by atoms with Crippen molar-refractivity contribution in [2.45, 2.75) is 39.4 Å². The minimum atomic E-state index is -3.91. The Kier molecular flexibility index (Phi) is 9.11. The molecule has 0 heterocycles. The molecule has 0 aliphatic heterocycles. The van der Waals surface area contributed by atoms with Gasteiger partial charge in [-0.2, -0.15) is 0 Å². The van der Waals surface area contributed by atoms with Crippen LogP contribution in [0.15, 0.2) is 42.5 Å². The molecule has 2 aromatic carbocycles. The molecule has 1 N–H and O–H groups in total. The Morgan fingerprint density at radius 2 is 1.70 bits per heavy atom. The van der Waals surface area contributed by atoms with Crippen LogP contribution in [0.4, 0.5) is 10.1 Å². The fourth-order valence-electron chi connectivity index (χ4n) is 3.05. The molecule has 180 valence electrons. The monoisotopic (exact) mass is 517 g/mol. The van der Waals surface area contributed by atoms with Gasteiger partial charge in [-0.3, -0.25) is 13.9 Å². The lowest BCUT2D eigenvalue weighted by Crippen LogP contribution is -2.52. The van der Waals surface area contributed by atoms with Crippen LogP contribution in [0.1, 0.15) is 26.3 Å². The van der Waals surface area contributed by atoms with Crippen molar-refractivity contribution in [1.82, 2.24) is 10.2 Å². The van der Waals surface area contributed by atoms with Gasteiger partial charge in [0.25, 0.3) is 0 Å². The van der Waals surface area contributed by atoms with Gasteiger partial charge in [-0.05, 0) is 45.0 Å². The molecule has 1 atom stereocenters. The average Bonchev–Trinajstić information content (AvgIpc) is 2.71. The fourth-order valence-corrected chi connectivity index (χ4v) is 4.19. The first-order valence-corrected chi connectivity index (χ1v) is 12.7. The zero-order chi connectivity index (χ0) is 24.9. The van der Waals surface area contributed by atoms with E-state index in [1.807, 2.05) is 0 Å². The standard InChI is InChI=1S/C22H26Cl2FN3O4S/c1-14(2)26-22(30)15(3)27(12-16-7-5-6-8-20(16)25)21(29)13-28(33(4,31)32)17-9-10-18(23)19(24)11-17/h5-11,14-15H,12-13H2,1-4H3,(H,26,30). The third kappa shape index (κ3) is 7.31. The Bertz CT molecular complexity index is 1130. The van der Waals surface area contributed by atoms with Crippen molar-refractivity contribution in [2.24, 2.45) is 0 Å². The number of sulfonamides is 1. The number of anilines is 1. The second kappa shape index (κ2) is 11.2. The van der Waals surface area contributed by atoms with E-state index in [-0.39, 0.29) is 33.9 Å². The first-order chi connectivity index (χ1) is 15.3. The van der Waals surface area contributed by atoms with Gasteiger partial charge in [0.1, 0.15) is 18.4 Å². The van der Waals surface area contributed by atoms with E-state index in [2.05, 4.69) is 5.32 Å². The molecular weight excluding hydrogens is 492 g/mol. The molecule has 2 aromatic rings. The van der Waals surface area contributed by atoms with Crippen LogP contribution in [0.5, 0.6) is 0 Å². The SMILES string of the molecule is CC(C)NC(=O)C(C)N(Cc1ccccc1F)C(=O)CN(c1ccc(Cl)c(Cl)c1)S(C)(=O)=O. The summed E-state index contributed by atoms with van der Waals surface area (Å²) in [4.78, 5) is 27.1. The third-order valence-corrected chi connectivity index (χ3v) is 6.65. The van der Waals surface area contributed by atoms with Crippen molar-refractivity contribution < 1.29 is 22.4 Å². The number of hydrogen-bond donors (Lipinski definition) is 1. The minimum absolute atomic E-state index is 0.114. The van der Waals surface area contributed by atoms with Gasteiger partial charge in [0.05, 0.1) is 22.0 Å². The Morgan fingerprint density at radius 1 is 1.06 bits per heavy atom. The number of nitrogens with zero attached hydrogens (tertiary/aromatic N) is 2. The van der Waals surface area contributed by atoms with Gasteiger partial charge >= 0.3 is 0 Å². The summed E-state index contributed by atoms with van der Waals surface area (Å²) < 4.78 is 40.2. The second-order valence-electron chi connectivity index (χ2n) is 7.82. The molecule has 0 spiro atoms. The predicted molar refractivity (Wildman–Crippen MR) is 128 cm³/mol. The molecule has 2 amide bonds. The smallest absolute Gasteiger partial charge is 0.244 e. The van der Waals surface area contributed by atoms with Crippen LogP contribution in [0, 0.1) is 5.82 Å².